The van der Waals surface area contributed by atoms with E-state index in [1.54, 1.807) is 38.5 Å². The van der Waals surface area contributed by atoms with E-state index in [4.69, 9.17) is 9.47 Å². The van der Waals surface area contributed by atoms with Crippen molar-refractivity contribution < 1.29 is 19.4 Å². The van der Waals surface area contributed by atoms with Crippen molar-refractivity contribution in [1.29, 1.82) is 0 Å². The third-order valence-corrected chi connectivity index (χ3v) is 3.47. The molecular formula is C18H21NO4. The molecule has 0 aliphatic heterocycles. The van der Waals surface area contributed by atoms with Crippen molar-refractivity contribution >= 4 is 5.91 Å². The Hall–Kier alpha value is -2.53. The summed E-state index contributed by atoms with van der Waals surface area (Å²) in [5, 5.41) is 12.9. The molecule has 0 fully saturated rings. The van der Waals surface area contributed by atoms with Crippen LogP contribution in [0.4, 0.5) is 0 Å². The highest BCUT2D eigenvalue weighted by atomic mass is 16.5. The number of hydrogen-bond donors (Lipinski definition) is 2. The Labute approximate surface area is 135 Å². The molecule has 2 aromatic rings. The minimum Gasteiger partial charge on any atom is -0.497 e. The van der Waals surface area contributed by atoms with Crippen LogP contribution >= 0.6 is 0 Å². The van der Waals surface area contributed by atoms with Gasteiger partial charge in [-0.05, 0) is 35.4 Å². The zero-order valence-corrected chi connectivity index (χ0v) is 13.3. The minimum absolute atomic E-state index is 0.149. The number of carbonyl (C=O) groups is 1. The molecule has 0 aliphatic carbocycles. The summed E-state index contributed by atoms with van der Waals surface area (Å²) in [6.45, 7) is 0.149. The lowest BCUT2D eigenvalue weighted by atomic mass is 10.1. The number of hydrogen-bond acceptors (Lipinski definition) is 4. The fraction of sp³-hybridized carbons (Fsp3) is 0.278. The lowest BCUT2D eigenvalue weighted by Gasteiger charge is -2.13. The van der Waals surface area contributed by atoms with E-state index in [2.05, 4.69) is 5.32 Å². The molecule has 0 bridgehead atoms. The Kier molecular flexibility index (Phi) is 6.00. The maximum Gasteiger partial charge on any atom is 0.224 e. The van der Waals surface area contributed by atoms with Crippen LogP contribution in [-0.2, 0) is 11.2 Å². The summed E-state index contributed by atoms with van der Waals surface area (Å²) in [5.41, 5.74) is 1.56. The summed E-state index contributed by atoms with van der Waals surface area (Å²) in [4.78, 5) is 12.0. The normalized spacial score (nSPS) is 11.6. The maximum atomic E-state index is 12.0. The summed E-state index contributed by atoms with van der Waals surface area (Å²) < 4.78 is 10.3. The van der Waals surface area contributed by atoms with Crippen LogP contribution in [0, 0.1) is 0 Å². The van der Waals surface area contributed by atoms with E-state index < -0.39 is 6.10 Å². The molecule has 0 saturated carbocycles. The van der Waals surface area contributed by atoms with Gasteiger partial charge in [-0.1, -0.05) is 24.3 Å². The van der Waals surface area contributed by atoms with Gasteiger partial charge in [0.2, 0.25) is 5.91 Å². The first kappa shape index (κ1) is 16.8. The Bertz CT molecular complexity index is 657. The molecule has 23 heavy (non-hydrogen) atoms. The van der Waals surface area contributed by atoms with Crippen LogP contribution in [0.1, 0.15) is 17.2 Å². The van der Waals surface area contributed by atoms with Crippen molar-refractivity contribution in [2.75, 3.05) is 20.8 Å². The quantitative estimate of drug-likeness (QED) is 0.821. The highest BCUT2D eigenvalue weighted by Crippen LogP contribution is 2.18. The number of methoxy groups -OCH3 is 2. The van der Waals surface area contributed by atoms with E-state index >= 15 is 0 Å². The monoisotopic (exact) mass is 315 g/mol. The van der Waals surface area contributed by atoms with Gasteiger partial charge in [0.15, 0.2) is 0 Å². The van der Waals surface area contributed by atoms with Crippen molar-refractivity contribution in [2.24, 2.45) is 0 Å². The van der Waals surface area contributed by atoms with E-state index in [0.717, 1.165) is 5.56 Å². The second-order valence-electron chi connectivity index (χ2n) is 5.12. The molecule has 0 heterocycles. The Balaban J connectivity index is 1.87. The summed E-state index contributed by atoms with van der Waals surface area (Å²) >= 11 is 0. The van der Waals surface area contributed by atoms with Gasteiger partial charge < -0.3 is 19.9 Å². The van der Waals surface area contributed by atoms with Gasteiger partial charge in [0, 0.05) is 6.54 Å². The van der Waals surface area contributed by atoms with Crippen LogP contribution in [0.25, 0.3) is 0 Å². The van der Waals surface area contributed by atoms with Gasteiger partial charge in [0.25, 0.3) is 0 Å². The molecule has 0 radical (unpaired) electrons. The standard InChI is InChI=1S/C18H21NO4/c1-22-15-7-3-5-13(9-15)10-18(21)19-12-17(20)14-6-4-8-16(11-14)23-2/h3-9,11,17,20H,10,12H2,1-2H3,(H,19,21). The molecular weight excluding hydrogens is 294 g/mol. The average molecular weight is 315 g/mol. The summed E-state index contributed by atoms with van der Waals surface area (Å²) in [5.74, 6) is 1.23. The smallest absolute Gasteiger partial charge is 0.224 e. The number of aliphatic hydroxyl groups excluding tert-OH is 1. The molecule has 2 aromatic carbocycles. The van der Waals surface area contributed by atoms with Crippen LogP contribution in [0.15, 0.2) is 48.5 Å². The Morgan fingerprint density at radius 2 is 1.74 bits per heavy atom. The first-order valence-electron chi connectivity index (χ1n) is 7.34. The van der Waals surface area contributed by atoms with Gasteiger partial charge in [0.1, 0.15) is 11.5 Å². The van der Waals surface area contributed by atoms with E-state index in [1.165, 1.54) is 0 Å². The average Bonchev–Trinajstić information content (AvgIpc) is 2.59. The van der Waals surface area contributed by atoms with Gasteiger partial charge in [-0.2, -0.15) is 0 Å². The lowest BCUT2D eigenvalue weighted by molar-refractivity contribution is -0.120. The summed E-state index contributed by atoms with van der Waals surface area (Å²) in [6.07, 6.45) is -0.540. The largest absolute Gasteiger partial charge is 0.497 e. The van der Waals surface area contributed by atoms with Crippen LogP contribution in [0.3, 0.4) is 0 Å². The first-order valence-corrected chi connectivity index (χ1v) is 7.34. The fourth-order valence-corrected chi connectivity index (χ4v) is 2.21. The van der Waals surface area contributed by atoms with Crippen LogP contribution in [0.5, 0.6) is 11.5 Å². The number of aliphatic hydroxyl groups is 1. The number of benzene rings is 2. The van der Waals surface area contributed by atoms with E-state index in [0.29, 0.717) is 17.1 Å². The first-order chi connectivity index (χ1) is 11.1. The zero-order valence-electron chi connectivity index (χ0n) is 13.3. The molecule has 5 heteroatoms. The van der Waals surface area contributed by atoms with Gasteiger partial charge in [-0.25, -0.2) is 0 Å². The molecule has 2 N–H and O–H groups in total. The van der Waals surface area contributed by atoms with Crippen LogP contribution in [-0.4, -0.2) is 31.8 Å². The van der Waals surface area contributed by atoms with Gasteiger partial charge in [-0.15, -0.1) is 0 Å². The highest BCUT2D eigenvalue weighted by Gasteiger charge is 2.11. The number of nitrogens with one attached hydrogen (secondary N) is 1. The SMILES string of the molecule is COc1cccc(CC(=O)NCC(O)c2cccc(OC)c2)c1. The number of carbonyl (C=O) groups excluding carboxylic acids is 1. The number of rotatable bonds is 7. The fourth-order valence-electron chi connectivity index (χ4n) is 2.21. The van der Waals surface area contributed by atoms with Crippen LogP contribution < -0.4 is 14.8 Å². The molecule has 0 spiro atoms. The predicted octanol–water partition coefficient (Wildman–Crippen LogP) is 2.10. The number of amides is 1. The molecule has 2 rings (SSSR count). The molecule has 0 aliphatic rings. The maximum absolute atomic E-state index is 12.0. The van der Waals surface area contributed by atoms with Crippen LogP contribution in [0.2, 0.25) is 0 Å². The lowest BCUT2D eigenvalue weighted by Crippen LogP contribution is -2.29. The topological polar surface area (TPSA) is 67.8 Å². The predicted molar refractivity (Wildman–Crippen MR) is 87.7 cm³/mol. The Morgan fingerprint density at radius 3 is 2.43 bits per heavy atom. The van der Waals surface area contributed by atoms with Crippen molar-refractivity contribution in [1.82, 2.24) is 5.32 Å². The van der Waals surface area contributed by atoms with Crippen molar-refractivity contribution in [3.63, 3.8) is 0 Å². The third kappa shape index (κ3) is 5.00. The van der Waals surface area contributed by atoms with E-state index in [9.17, 15) is 9.90 Å². The third-order valence-electron chi connectivity index (χ3n) is 3.47. The summed E-state index contributed by atoms with van der Waals surface area (Å²) in [7, 11) is 3.16. The molecule has 122 valence electrons. The zero-order chi connectivity index (χ0) is 16.7. The minimum atomic E-state index is -0.778. The van der Waals surface area contributed by atoms with E-state index in [1.807, 2.05) is 24.3 Å². The number of ether oxygens (including phenoxy) is 2. The van der Waals surface area contributed by atoms with Gasteiger partial charge >= 0.3 is 0 Å². The van der Waals surface area contributed by atoms with Crippen molar-refractivity contribution in [2.45, 2.75) is 12.5 Å². The van der Waals surface area contributed by atoms with Crippen molar-refractivity contribution in [3.8, 4) is 11.5 Å². The molecule has 1 amide bonds. The second-order valence-corrected chi connectivity index (χ2v) is 5.12. The molecule has 5 nitrogen and oxygen atoms in total. The highest BCUT2D eigenvalue weighted by molar-refractivity contribution is 5.78. The molecule has 0 aromatic heterocycles. The second kappa shape index (κ2) is 8.19. The summed E-state index contributed by atoms with van der Waals surface area (Å²) in [6, 6.07) is 14.5. The van der Waals surface area contributed by atoms with Gasteiger partial charge in [-0.3, -0.25) is 4.79 Å². The molecule has 0 saturated heterocycles. The van der Waals surface area contributed by atoms with Gasteiger partial charge in [0.05, 0.1) is 26.7 Å². The van der Waals surface area contributed by atoms with Crippen molar-refractivity contribution in [3.05, 3.63) is 59.7 Å². The molecule has 1 atom stereocenters. The van der Waals surface area contributed by atoms with E-state index in [-0.39, 0.29) is 18.9 Å². The Morgan fingerprint density at radius 1 is 1.09 bits per heavy atom. The molecule has 1 unspecified atom stereocenters.